The molecule has 0 unspecified atom stereocenters. The number of piperidine rings is 1. The third-order valence-corrected chi connectivity index (χ3v) is 7.47. The van der Waals surface area contributed by atoms with Gasteiger partial charge in [0.15, 0.2) is 0 Å². The average Bonchev–Trinajstić information content (AvgIpc) is 3.11. The molecule has 4 rings (SSSR count). The minimum absolute atomic E-state index is 0. The highest BCUT2D eigenvalue weighted by molar-refractivity contribution is 7.94. The first kappa shape index (κ1) is 20.9. The van der Waals surface area contributed by atoms with Crippen LogP contribution in [0.3, 0.4) is 0 Å². The molecule has 1 aromatic carbocycles. The first-order chi connectivity index (χ1) is 13.0. The summed E-state index contributed by atoms with van der Waals surface area (Å²) < 4.78 is 35.4. The fourth-order valence-electron chi connectivity index (χ4n) is 3.04. The molecule has 3 heterocycles. The van der Waals surface area contributed by atoms with Gasteiger partial charge in [0.1, 0.15) is 10.3 Å². The van der Waals surface area contributed by atoms with Crippen molar-refractivity contribution in [2.75, 3.05) is 17.8 Å². The summed E-state index contributed by atoms with van der Waals surface area (Å²) in [5.74, 6) is 0.507. The van der Waals surface area contributed by atoms with E-state index in [-0.39, 0.29) is 22.7 Å². The van der Waals surface area contributed by atoms with Crippen molar-refractivity contribution in [3.63, 3.8) is 0 Å². The number of fused-ring (bicyclic) bond motifs is 1. The highest BCUT2D eigenvalue weighted by Crippen LogP contribution is 2.35. The second-order valence-electron chi connectivity index (χ2n) is 6.63. The van der Waals surface area contributed by atoms with E-state index in [9.17, 15) is 8.42 Å². The number of aryl methyl sites for hydroxylation is 1. The van der Waals surface area contributed by atoms with Gasteiger partial charge in [0.2, 0.25) is 5.88 Å². The number of aromatic nitrogens is 1. The molecule has 9 heteroatoms. The monoisotopic (exact) mass is 439 g/mol. The predicted molar refractivity (Wildman–Crippen MR) is 115 cm³/mol. The van der Waals surface area contributed by atoms with Crippen molar-refractivity contribution in [2.45, 2.75) is 30.1 Å². The van der Waals surface area contributed by atoms with Gasteiger partial charge >= 0.3 is 0 Å². The second kappa shape index (κ2) is 8.65. The van der Waals surface area contributed by atoms with E-state index in [1.165, 1.54) is 11.3 Å². The fourth-order valence-corrected chi connectivity index (χ4v) is 5.47. The maximum Gasteiger partial charge on any atom is 0.271 e. The lowest BCUT2D eigenvalue weighted by molar-refractivity contribution is 0.158. The Labute approximate surface area is 174 Å². The standard InChI is InChI=1S/C19H21N3O3S2.ClH/c1-13-2-4-14(5-3-13)22-27(23,24)18-12-16-17(26-18)8-11-21-19(16)25-15-6-9-20-10-7-15;/h2-5,8,11-12,15,20,22H,6-7,9-10H2,1H3;1H. The van der Waals surface area contributed by atoms with Crippen LogP contribution >= 0.6 is 23.7 Å². The van der Waals surface area contributed by atoms with Gasteiger partial charge in [-0.05, 0) is 57.1 Å². The van der Waals surface area contributed by atoms with Crippen LogP contribution in [0.2, 0.25) is 0 Å². The lowest BCUT2D eigenvalue weighted by Crippen LogP contribution is -2.34. The molecule has 1 aliphatic heterocycles. The van der Waals surface area contributed by atoms with Gasteiger partial charge in [-0.3, -0.25) is 4.72 Å². The number of sulfonamides is 1. The highest BCUT2D eigenvalue weighted by atomic mass is 35.5. The van der Waals surface area contributed by atoms with Crippen molar-refractivity contribution in [1.82, 2.24) is 10.3 Å². The molecule has 1 fully saturated rings. The zero-order valence-corrected chi connectivity index (χ0v) is 17.8. The quantitative estimate of drug-likeness (QED) is 0.629. The number of pyridine rings is 1. The van der Waals surface area contributed by atoms with Gasteiger partial charge in [-0.2, -0.15) is 0 Å². The molecule has 0 atom stereocenters. The van der Waals surface area contributed by atoms with Crippen LogP contribution in [0, 0.1) is 6.92 Å². The van der Waals surface area contributed by atoms with Gasteiger partial charge in [0, 0.05) is 16.6 Å². The van der Waals surface area contributed by atoms with Gasteiger partial charge in [0.05, 0.1) is 5.39 Å². The molecule has 0 aliphatic carbocycles. The van der Waals surface area contributed by atoms with E-state index in [1.54, 1.807) is 24.4 Å². The Hall–Kier alpha value is -1.87. The summed E-state index contributed by atoms with van der Waals surface area (Å²) in [5.41, 5.74) is 1.62. The number of rotatable bonds is 5. The van der Waals surface area contributed by atoms with Crippen LogP contribution in [0.1, 0.15) is 18.4 Å². The fraction of sp³-hybridized carbons (Fsp3) is 0.316. The molecular formula is C19H22ClN3O3S2. The van der Waals surface area contributed by atoms with E-state index in [4.69, 9.17) is 4.74 Å². The van der Waals surface area contributed by atoms with Crippen molar-refractivity contribution in [3.8, 4) is 5.88 Å². The number of nitrogens with one attached hydrogen (secondary N) is 2. The number of anilines is 1. The third kappa shape index (κ3) is 4.57. The lowest BCUT2D eigenvalue weighted by atomic mass is 10.1. The first-order valence-electron chi connectivity index (χ1n) is 8.87. The first-order valence-corrected chi connectivity index (χ1v) is 11.2. The number of benzene rings is 1. The molecule has 2 aromatic heterocycles. The SMILES string of the molecule is Cc1ccc(NS(=O)(=O)c2cc3c(OC4CCNCC4)nccc3s2)cc1.Cl. The summed E-state index contributed by atoms with van der Waals surface area (Å²) in [6.45, 7) is 3.80. The largest absolute Gasteiger partial charge is 0.474 e. The van der Waals surface area contributed by atoms with Gasteiger partial charge < -0.3 is 10.1 Å². The Kier molecular flexibility index (Phi) is 6.44. The van der Waals surface area contributed by atoms with Crippen molar-refractivity contribution >= 4 is 49.5 Å². The summed E-state index contributed by atoms with van der Waals surface area (Å²) in [5, 5.41) is 4.04. The van der Waals surface area contributed by atoms with Gasteiger partial charge in [0.25, 0.3) is 10.0 Å². The molecule has 1 aliphatic rings. The van der Waals surface area contributed by atoms with E-state index in [2.05, 4.69) is 15.0 Å². The second-order valence-corrected chi connectivity index (χ2v) is 9.63. The zero-order valence-electron chi connectivity index (χ0n) is 15.3. The van der Waals surface area contributed by atoms with Crippen LogP contribution in [-0.2, 0) is 10.0 Å². The maximum atomic E-state index is 12.8. The Balaban J connectivity index is 0.00000225. The molecule has 0 saturated carbocycles. The summed E-state index contributed by atoms with van der Waals surface area (Å²) in [4.78, 5) is 4.34. The van der Waals surface area contributed by atoms with E-state index < -0.39 is 10.0 Å². The molecule has 1 saturated heterocycles. The maximum absolute atomic E-state index is 12.8. The summed E-state index contributed by atoms with van der Waals surface area (Å²) in [6.07, 6.45) is 3.61. The molecular weight excluding hydrogens is 418 g/mol. The molecule has 150 valence electrons. The lowest BCUT2D eigenvalue weighted by Gasteiger charge is -2.23. The Morgan fingerprint density at radius 3 is 2.61 bits per heavy atom. The normalized spacial score (nSPS) is 15.2. The van der Waals surface area contributed by atoms with Gasteiger partial charge in [-0.25, -0.2) is 13.4 Å². The smallest absolute Gasteiger partial charge is 0.271 e. The molecule has 3 aromatic rings. The molecule has 0 amide bonds. The van der Waals surface area contributed by atoms with Crippen molar-refractivity contribution < 1.29 is 13.2 Å². The number of halogens is 1. The Morgan fingerprint density at radius 1 is 1.18 bits per heavy atom. The van der Waals surface area contributed by atoms with Crippen LogP contribution in [-0.4, -0.2) is 32.6 Å². The van der Waals surface area contributed by atoms with Crippen LogP contribution in [0.25, 0.3) is 10.1 Å². The molecule has 2 N–H and O–H groups in total. The number of ether oxygens (including phenoxy) is 1. The van der Waals surface area contributed by atoms with Crippen LogP contribution < -0.4 is 14.8 Å². The van der Waals surface area contributed by atoms with E-state index in [1.807, 2.05) is 25.1 Å². The zero-order chi connectivity index (χ0) is 18.9. The van der Waals surface area contributed by atoms with Gasteiger partial charge in [-0.1, -0.05) is 17.7 Å². The van der Waals surface area contributed by atoms with Crippen molar-refractivity contribution in [1.29, 1.82) is 0 Å². The van der Waals surface area contributed by atoms with Crippen LogP contribution in [0.4, 0.5) is 5.69 Å². The van der Waals surface area contributed by atoms with E-state index >= 15 is 0 Å². The van der Waals surface area contributed by atoms with Gasteiger partial charge in [-0.15, -0.1) is 23.7 Å². The Bertz CT molecular complexity index is 1050. The molecule has 6 nitrogen and oxygen atoms in total. The average molecular weight is 440 g/mol. The summed E-state index contributed by atoms with van der Waals surface area (Å²) in [7, 11) is -3.66. The summed E-state index contributed by atoms with van der Waals surface area (Å²) in [6, 6.07) is 10.7. The van der Waals surface area contributed by atoms with Crippen molar-refractivity contribution in [2.24, 2.45) is 0 Å². The molecule has 0 bridgehead atoms. The Morgan fingerprint density at radius 2 is 1.89 bits per heavy atom. The molecule has 0 spiro atoms. The van der Waals surface area contributed by atoms with Crippen LogP contribution in [0.5, 0.6) is 5.88 Å². The predicted octanol–water partition coefficient (Wildman–Crippen LogP) is 3.96. The topological polar surface area (TPSA) is 80.3 Å². The van der Waals surface area contributed by atoms with Crippen LogP contribution in [0.15, 0.2) is 46.8 Å². The third-order valence-electron chi connectivity index (χ3n) is 4.52. The highest BCUT2D eigenvalue weighted by Gasteiger charge is 2.21. The minimum Gasteiger partial charge on any atom is -0.474 e. The summed E-state index contributed by atoms with van der Waals surface area (Å²) >= 11 is 1.22. The van der Waals surface area contributed by atoms with E-state index in [0.29, 0.717) is 11.6 Å². The number of nitrogens with zero attached hydrogens (tertiary/aromatic N) is 1. The van der Waals surface area contributed by atoms with Crippen molar-refractivity contribution in [3.05, 3.63) is 48.2 Å². The molecule has 28 heavy (non-hydrogen) atoms. The minimum atomic E-state index is -3.66. The number of thiophene rings is 1. The van der Waals surface area contributed by atoms with E-state index in [0.717, 1.165) is 41.6 Å². The molecule has 0 radical (unpaired) electrons. The number of hydrogen-bond donors (Lipinski definition) is 2. The number of hydrogen-bond acceptors (Lipinski definition) is 6.